The highest BCUT2D eigenvalue weighted by molar-refractivity contribution is 5.98. The minimum Gasteiger partial charge on any atom is -0.508 e. The van der Waals surface area contributed by atoms with E-state index in [1.54, 1.807) is 24.5 Å². The van der Waals surface area contributed by atoms with Gasteiger partial charge >= 0.3 is 11.9 Å². The Labute approximate surface area is 260 Å². The van der Waals surface area contributed by atoms with E-state index in [2.05, 4.69) is 10.3 Å². The molecule has 1 saturated heterocycles. The molecule has 7 unspecified atom stereocenters. The van der Waals surface area contributed by atoms with E-state index >= 15 is 0 Å². The van der Waals surface area contributed by atoms with Crippen LogP contribution in [0.15, 0.2) is 86.5 Å². The molecule has 3 aromatic rings. The molecule has 46 heavy (non-hydrogen) atoms. The van der Waals surface area contributed by atoms with Gasteiger partial charge in [-0.05, 0) is 43.0 Å². The van der Waals surface area contributed by atoms with E-state index in [9.17, 15) is 34.8 Å². The number of esters is 1. The number of hydroxylamine groups is 2. The maximum absolute atomic E-state index is 13.2. The molecule has 7 atom stereocenters. The summed E-state index contributed by atoms with van der Waals surface area (Å²) < 4.78 is 22.8. The summed E-state index contributed by atoms with van der Waals surface area (Å²) in [6.07, 6.45) is -0.734. The maximum Gasteiger partial charge on any atom is 0.334 e. The summed E-state index contributed by atoms with van der Waals surface area (Å²) in [6.45, 7) is -0.225. The lowest BCUT2D eigenvalue weighted by Gasteiger charge is -2.41. The number of aliphatic imine (C=N–C) groups is 1. The number of carboxylic acid groups (broad SMARTS) is 1. The van der Waals surface area contributed by atoms with Crippen LogP contribution < -0.4 is 20.5 Å². The number of fused-ring (bicyclic) bond motifs is 2. The van der Waals surface area contributed by atoms with Gasteiger partial charge in [0.1, 0.15) is 60.5 Å². The average Bonchev–Trinajstić information content (AvgIpc) is 3.63. The number of aromatic hydroxyl groups is 1. The molecule has 0 spiro atoms. The molecule has 0 bridgehead atoms. The zero-order chi connectivity index (χ0) is 32.5. The Hall–Kier alpha value is -4.90. The van der Waals surface area contributed by atoms with Gasteiger partial charge in [0.05, 0.1) is 10.9 Å². The topological polar surface area (TPSA) is 211 Å². The second-order valence-electron chi connectivity index (χ2n) is 10.7. The van der Waals surface area contributed by atoms with E-state index in [0.29, 0.717) is 22.9 Å². The van der Waals surface area contributed by atoms with Crippen molar-refractivity contribution in [3.8, 4) is 22.6 Å². The van der Waals surface area contributed by atoms with Crippen molar-refractivity contribution in [2.45, 2.75) is 36.7 Å². The van der Waals surface area contributed by atoms with E-state index in [1.165, 1.54) is 43.6 Å². The van der Waals surface area contributed by atoms with Crippen molar-refractivity contribution in [1.29, 1.82) is 0 Å². The summed E-state index contributed by atoms with van der Waals surface area (Å²) >= 11 is 0. The van der Waals surface area contributed by atoms with Gasteiger partial charge in [-0.15, -0.1) is 0 Å². The first-order valence-corrected chi connectivity index (χ1v) is 14.2. The molecule has 0 radical (unpaired) electrons. The van der Waals surface area contributed by atoms with Gasteiger partial charge in [-0.1, -0.05) is 12.1 Å². The van der Waals surface area contributed by atoms with Crippen molar-refractivity contribution in [2.24, 2.45) is 4.99 Å². The van der Waals surface area contributed by atoms with Crippen LogP contribution in [0.1, 0.15) is 0 Å². The summed E-state index contributed by atoms with van der Waals surface area (Å²) in [5.41, 5.74) is 2.33. The molecule has 6 N–H and O–H groups in total. The number of aliphatic carboxylic acids is 1. The van der Waals surface area contributed by atoms with Gasteiger partial charge in [-0.2, -0.15) is 9.90 Å². The number of likely N-dealkylation sites (N-methyl/N-ethyl adjacent to an activating group) is 1. The van der Waals surface area contributed by atoms with Gasteiger partial charge in [0, 0.05) is 17.9 Å². The highest BCUT2D eigenvalue weighted by atomic mass is 16.8. The third-order valence-electron chi connectivity index (χ3n) is 7.75. The number of nitrogens with one attached hydrogen (secondary N) is 2. The predicted octanol–water partition coefficient (Wildman–Crippen LogP) is -0.742. The minimum atomic E-state index is -1.65. The number of carbonyl (C=O) groups excluding carboxylic acids is 1. The number of hydrogen-bond acceptors (Lipinski definition) is 13. The van der Waals surface area contributed by atoms with Crippen molar-refractivity contribution < 1.29 is 58.5 Å². The van der Waals surface area contributed by atoms with Gasteiger partial charge < -0.3 is 39.1 Å². The second kappa shape index (κ2) is 12.8. The largest absolute Gasteiger partial charge is 0.508 e. The van der Waals surface area contributed by atoms with Gasteiger partial charge in [-0.25, -0.2) is 9.59 Å². The van der Waals surface area contributed by atoms with Crippen LogP contribution in [0.3, 0.4) is 0 Å². The monoisotopic (exact) mass is 636 g/mol. The zero-order valence-corrected chi connectivity index (χ0v) is 24.2. The molecule has 240 valence electrons. The van der Waals surface area contributed by atoms with Gasteiger partial charge in [-0.3, -0.25) is 15.1 Å². The van der Waals surface area contributed by atoms with Crippen LogP contribution in [0, 0.1) is 0 Å². The van der Waals surface area contributed by atoms with Crippen molar-refractivity contribution >= 4 is 29.1 Å². The fourth-order valence-corrected chi connectivity index (χ4v) is 5.31. The summed E-state index contributed by atoms with van der Waals surface area (Å²) in [7, 11) is 1.27. The van der Waals surface area contributed by atoms with Gasteiger partial charge in [0.25, 0.3) is 0 Å². The van der Waals surface area contributed by atoms with Gasteiger partial charge in [0.2, 0.25) is 18.4 Å². The number of phenols is 1. The molecule has 2 aromatic carbocycles. The fourth-order valence-electron chi connectivity index (χ4n) is 5.31. The molecule has 0 saturated carbocycles. The Morgan fingerprint density at radius 3 is 2.65 bits per heavy atom. The highest BCUT2D eigenvalue weighted by Crippen LogP contribution is 2.29. The second-order valence-corrected chi connectivity index (χ2v) is 10.7. The third-order valence-corrected chi connectivity index (χ3v) is 7.75. The molecule has 1 aromatic heterocycles. The SMILES string of the molecule is CNC(C(=O)O)C(=O)OCC1OC(Oc2ccc3c(=O)c(-c4ccc(O)cc4)coc3c2)C(O[NH+]2C=C3N=CC=C3C2)C(O)C1O. The van der Waals surface area contributed by atoms with Crippen LogP contribution in [0.2, 0.25) is 0 Å². The number of carboxylic acids is 1. The van der Waals surface area contributed by atoms with E-state index in [4.69, 9.17) is 23.5 Å². The van der Waals surface area contributed by atoms with Crippen LogP contribution in [-0.2, 0) is 23.9 Å². The number of hydrogen-bond donors (Lipinski definition) is 6. The third kappa shape index (κ3) is 6.15. The number of aliphatic hydroxyl groups is 2. The predicted molar refractivity (Wildman–Crippen MR) is 158 cm³/mol. The van der Waals surface area contributed by atoms with Crippen molar-refractivity contribution in [1.82, 2.24) is 5.32 Å². The molecule has 4 heterocycles. The van der Waals surface area contributed by atoms with Crippen LogP contribution in [0.25, 0.3) is 22.1 Å². The Kier molecular flexibility index (Phi) is 8.68. The summed E-state index contributed by atoms with van der Waals surface area (Å²) in [4.78, 5) is 47.2. The quantitative estimate of drug-likeness (QED) is 0.120. The summed E-state index contributed by atoms with van der Waals surface area (Å²) in [6, 6.07) is 8.88. The Morgan fingerprint density at radius 2 is 1.93 bits per heavy atom. The van der Waals surface area contributed by atoms with Crippen molar-refractivity contribution in [3.63, 3.8) is 0 Å². The van der Waals surface area contributed by atoms with Gasteiger partial charge in [0.15, 0.2) is 11.6 Å². The molecule has 3 aliphatic rings. The molecule has 1 fully saturated rings. The lowest BCUT2D eigenvalue weighted by molar-refractivity contribution is -1.05. The van der Waals surface area contributed by atoms with E-state index in [1.807, 2.05) is 6.08 Å². The minimum absolute atomic E-state index is 0.0554. The highest BCUT2D eigenvalue weighted by Gasteiger charge is 2.50. The van der Waals surface area contributed by atoms with Crippen LogP contribution >= 0.6 is 0 Å². The molecule has 3 aliphatic heterocycles. The first kappa shape index (κ1) is 31.1. The standard InChI is InChI=1S/C31H29N3O12/c1-32-24(29(39)40)30(41)43-14-23-26(37)27(38)28(46-34-11-16-8-9-33-21(16)12-34)31(45-23)44-18-6-7-19-22(10-18)42-13-20(25(19)36)15-2-4-17(35)5-3-15/h2-10,12-13,23-24,26-28,31-32,35,37-38H,11,14H2,1H3,(H,39,40)/p+1. The molecule has 15 nitrogen and oxygen atoms in total. The first-order chi connectivity index (χ1) is 22.1. The summed E-state index contributed by atoms with van der Waals surface area (Å²) in [5.74, 6) is -2.37. The Bertz CT molecular complexity index is 1800. The Morgan fingerprint density at radius 1 is 1.15 bits per heavy atom. The number of nitrogens with zero attached hydrogens (tertiary/aromatic N) is 1. The molecule has 0 aliphatic carbocycles. The number of benzene rings is 2. The molecule has 15 heteroatoms. The molecular formula is C31H30N3O12+. The normalized spacial score (nSPS) is 25.9. The number of rotatable bonds is 10. The maximum atomic E-state index is 13.2. The van der Waals surface area contributed by atoms with E-state index < -0.39 is 55.3 Å². The molecule has 0 amide bonds. The average molecular weight is 637 g/mol. The molecular weight excluding hydrogens is 606 g/mol. The number of ether oxygens (including phenoxy) is 3. The van der Waals surface area contributed by atoms with E-state index in [-0.39, 0.29) is 33.5 Å². The smallest absolute Gasteiger partial charge is 0.334 e. The van der Waals surface area contributed by atoms with Crippen molar-refractivity contribution in [2.75, 3.05) is 20.2 Å². The summed E-state index contributed by atoms with van der Waals surface area (Å²) in [5, 5.41) is 43.8. The number of quaternary nitrogens is 1. The lowest BCUT2D eigenvalue weighted by atomic mass is 9.99. The van der Waals surface area contributed by atoms with Crippen molar-refractivity contribution in [3.05, 3.63) is 82.5 Å². The number of phenolic OH excluding ortho intramolecular Hbond substituents is 1. The van der Waals surface area contributed by atoms with Crippen LogP contribution in [-0.4, -0.2) is 95.5 Å². The Balaban J connectivity index is 1.25. The first-order valence-electron chi connectivity index (χ1n) is 14.2. The zero-order valence-electron chi connectivity index (χ0n) is 24.2. The van der Waals surface area contributed by atoms with E-state index in [0.717, 1.165) is 5.57 Å². The van der Waals surface area contributed by atoms with Crippen LogP contribution in [0.5, 0.6) is 11.5 Å². The lowest BCUT2D eigenvalue weighted by Crippen LogP contribution is -3.07. The molecule has 6 rings (SSSR count). The number of aliphatic hydroxyl groups excluding tert-OH is 2. The van der Waals surface area contributed by atoms with Crippen LogP contribution in [0.4, 0.5) is 0 Å². The number of carbonyl (C=O) groups is 2. The number of allylic oxidation sites excluding steroid dienone is 1. The fraction of sp³-hybridized carbons (Fsp3) is 0.290.